The average molecular weight is 632 g/mol. The first-order valence-electron chi connectivity index (χ1n) is 13.0. The lowest BCUT2D eigenvalue weighted by atomic mass is 9.74. The minimum Gasteiger partial charge on any atom is -0.453 e. The Labute approximate surface area is 244 Å². The molecule has 2 fully saturated rings. The molecule has 2 unspecified atom stereocenters. The van der Waals surface area contributed by atoms with Crippen LogP contribution in [-0.4, -0.2) is 62.0 Å². The average Bonchev–Trinajstić information content (AvgIpc) is 3.09. The van der Waals surface area contributed by atoms with Gasteiger partial charge < -0.3 is 25.8 Å². The molecule has 0 saturated heterocycles. The van der Waals surface area contributed by atoms with Gasteiger partial charge in [-0.05, 0) is 62.6 Å². The number of halogens is 4. The van der Waals surface area contributed by atoms with E-state index in [4.69, 9.17) is 11.6 Å². The summed E-state index contributed by atoms with van der Waals surface area (Å²) in [5.74, 6) is -7.10. The van der Waals surface area contributed by atoms with E-state index in [0.717, 1.165) is 13.2 Å². The van der Waals surface area contributed by atoms with E-state index in [-0.39, 0.29) is 40.6 Å². The molecule has 2 aromatic carbocycles. The van der Waals surface area contributed by atoms with Gasteiger partial charge in [-0.25, -0.2) is 26.4 Å². The van der Waals surface area contributed by atoms with Crippen LogP contribution in [0.15, 0.2) is 35.2 Å². The Morgan fingerprint density at radius 3 is 2.26 bits per heavy atom. The van der Waals surface area contributed by atoms with Crippen LogP contribution in [0, 0.1) is 29.3 Å². The largest absolute Gasteiger partial charge is 0.453 e. The van der Waals surface area contributed by atoms with E-state index in [1.807, 2.05) is 0 Å². The Morgan fingerprint density at radius 2 is 1.69 bits per heavy atom. The summed E-state index contributed by atoms with van der Waals surface area (Å²) in [6.07, 6.45) is 0.407. The third-order valence-electron chi connectivity index (χ3n) is 8.01. The highest BCUT2D eigenvalue weighted by Crippen LogP contribution is 2.52. The fourth-order valence-corrected chi connectivity index (χ4v) is 8.11. The normalized spacial score (nSPS) is 24.0. The molecule has 2 aliphatic rings. The van der Waals surface area contributed by atoms with Crippen molar-refractivity contribution in [2.75, 3.05) is 19.0 Å². The maximum Gasteiger partial charge on any atom is 0.407 e. The number of fused-ring (bicyclic) bond motifs is 2. The van der Waals surface area contributed by atoms with Crippen molar-refractivity contribution in [3.8, 4) is 0 Å². The Balaban J connectivity index is 1.48. The predicted octanol–water partition coefficient (Wildman–Crippen LogP) is 3.56. The molecule has 3 atom stereocenters. The summed E-state index contributed by atoms with van der Waals surface area (Å²) in [6, 6.07) is 3.74. The fourth-order valence-electron chi connectivity index (χ4n) is 5.71. The van der Waals surface area contributed by atoms with Crippen LogP contribution in [0.25, 0.3) is 0 Å². The van der Waals surface area contributed by atoms with Crippen molar-refractivity contribution in [2.24, 2.45) is 11.8 Å². The summed E-state index contributed by atoms with van der Waals surface area (Å²) in [5.41, 5.74) is -1.91. The van der Waals surface area contributed by atoms with Gasteiger partial charge in [-0.2, -0.15) is 0 Å². The molecule has 0 radical (unpaired) electrons. The number of carbonyl (C=O) groups excluding carboxylic acids is 3. The molecule has 2 saturated carbocycles. The predicted molar refractivity (Wildman–Crippen MR) is 145 cm³/mol. The molecule has 15 heteroatoms. The van der Waals surface area contributed by atoms with Crippen LogP contribution in [0.4, 0.5) is 23.7 Å². The van der Waals surface area contributed by atoms with Gasteiger partial charge in [-0.15, -0.1) is 0 Å². The summed E-state index contributed by atoms with van der Waals surface area (Å²) in [5, 5.41) is 17.5. The zero-order valence-electron chi connectivity index (χ0n) is 22.5. The Morgan fingerprint density at radius 1 is 1.10 bits per heavy atom. The highest BCUT2D eigenvalue weighted by Gasteiger charge is 2.55. The summed E-state index contributed by atoms with van der Waals surface area (Å²) in [4.78, 5) is 36.2. The Kier molecular flexibility index (Phi) is 9.09. The zero-order valence-corrected chi connectivity index (χ0v) is 24.1. The van der Waals surface area contributed by atoms with Crippen LogP contribution in [-0.2, 0) is 19.4 Å². The zero-order chi connectivity index (χ0) is 31.0. The standard InChI is InChI=1S/C27H29ClF3N3O7S/c1-13(33-26(37)41-2)24(35)32-12-27(38)15-4-5-16(27)9-18(8-15)42(39,40)22-7-14(3-6-19(22)28)25(36)34-17-10-20(29)23(31)21(30)11-17/h3,6-7,10-11,13,15-16,18,38H,4-5,8-9,12H2,1-2H3,(H,32,35)(H,33,37)(H,34,36)/t13-,15?,16?,18?,27?/m1/s1. The number of alkyl carbamates (subject to hydrolysis) is 1. The monoisotopic (exact) mass is 631 g/mol. The van der Waals surface area contributed by atoms with Crippen LogP contribution >= 0.6 is 11.6 Å². The molecule has 10 nitrogen and oxygen atoms in total. The van der Waals surface area contributed by atoms with Gasteiger partial charge in [-0.1, -0.05) is 11.6 Å². The first-order valence-corrected chi connectivity index (χ1v) is 14.9. The molecule has 228 valence electrons. The van der Waals surface area contributed by atoms with Crippen molar-refractivity contribution in [1.29, 1.82) is 0 Å². The molecule has 4 N–H and O–H groups in total. The number of aliphatic hydroxyl groups is 1. The van der Waals surface area contributed by atoms with E-state index in [0.29, 0.717) is 25.0 Å². The number of carbonyl (C=O) groups is 3. The van der Waals surface area contributed by atoms with Gasteiger partial charge in [0.1, 0.15) is 6.04 Å². The van der Waals surface area contributed by atoms with Crippen LogP contribution in [0.1, 0.15) is 43.0 Å². The topological polar surface area (TPSA) is 151 Å². The van der Waals surface area contributed by atoms with E-state index in [9.17, 15) is 41.1 Å². The quantitative estimate of drug-likeness (QED) is 0.325. The second kappa shape index (κ2) is 12.1. The molecule has 0 spiro atoms. The van der Waals surface area contributed by atoms with Crippen LogP contribution in [0.3, 0.4) is 0 Å². The van der Waals surface area contributed by atoms with Crippen molar-refractivity contribution in [2.45, 2.75) is 54.4 Å². The molecule has 0 aliphatic heterocycles. The van der Waals surface area contributed by atoms with Crippen LogP contribution in [0.5, 0.6) is 0 Å². The SMILES string of the molecule is COC(=O)N[C@H](C)C(=O)NCC1(O)C2CCC1CC(S(=O)(=O)c1cc(C(=O)Nc3cc(F)c(F)c(F)c3)ccc1Cl)C2. The second-order valence-corrected chi connectivity index (χ2v) is 13.1. The lowest BCUT2D eigenvalue weighted by Gasteiger charge is -2.42. The molecule has 3 amide bonds. The number of sulfone groups is 1. The number of anilines is 1. The molecule has 2 aliphatic carbocycles. The molecule has 2 aromatic rings. The molecular weight excluding hydrogens is 603 g/mol. The molecule has 2 bridgehead atoms. The number of ether oxygens (including phenoxy) is 1. The van der Waals surface area contributed by atoms with Gasteiger partial charge in [0, 0.05) is 29.9 Å². The van der Waals surface area contributed by atoms with E-state index in [2.05, 4.69) is 20.7 Å². The molecule has 4 rings (SSSR count). The van der Waals surface area contributed by atoms with E-state index >= 15 is 0 Å². The summed E-state index contributed by atoms with van der Waals surface area (Å²) >= 11 is 6.24. The highest BCUT2D eigenvalue weighted by molar-refractivity contribution is 7.92. The minimum absolute atomic E-state index is 0.0715. The molecule has 0 aromatic heterocycles. The van der Waals surface area contributed by atoms with E-state index < -0.39 is 73.9 Å². The van der Waals surface area contributed by atoms with Gasteiger partial charge in [0.05, 0.1) is 27.9 Å². The number of nitrogens with one attached hydrogen (secondary N) is 3. The summed E-state index contributed by atoms with van der Waals surface area (Å²) in [6.45, 7) is 1.31. The third kappa shape index (κ3) is 6.20. The third-order valence-corrected chi connectivity index (χ3v) is 10.7. The minimum atomic E-state index is -4.12. The summed E-state index contributed by atoms with van der Waals surface area (Å²) in [7, 11) is -2.96. The number of hydrogen-bond donors (Lipinski definition) is 4. The Hall–Kier alpha value is -3.36. The van der Waals surface area contributed by atoms with Gasteiger partial charge in [0.15, 0.2) is 27.3 Å². The number of benzene rings is 2. The van der Waals surface area contributed by atoms with Crippen molar-refractivity contribution >= 4 is 45.0 Å². The first kappa shape index (κ1) is 31.6. The summed E-state index contributed by atoms with van der Waals surface area (Å²) < 4.78 is 72.3. The number of methoxy groups -OCH3 is 1. The number of rotatable bonds is 8. The van der Waals surface area contributed by atoms with Crippen LogP contribution < -0.4 is 16.0 Å². The smallest absolute Gasteiger partial charge is 0.407 e. The maximum absolute atomic E-state index is 13.7. The first-order chi connectivity index (χ1) is 19.7. The highest BCUT2D eigenvalue weighted by atomic mass is 35.5. The van der Waals surface area contributed by atoms with E-state index in [1.165, 1.54) is 19.1 Å². The van der Waals surface area contributed by atoms with Crippen molar-refractivity contribution < 1.29 is 45.8 Å². The van der Waals surface area contributed by atoms with E-state index in [1.54, 1.807) is 0 Å². The lowest BCUT2D eigenvalue weighted by molar-refractivity contribution is -0.125. The fraction of sp³-hybridized carbons (Fsp3) is 0.444. The van der Waals surface area contributed by atoms with Gasteiger partial charge in [0.25, 0.3) is 5.91 Å². The maximum atomic E-state index is 13.7. The van der Waals surface area contributed by atoms with Crippen LogP contribution in [0.2, 0.25) is 5.02 Å². The number of amides is 3. The lowest BCUT2D eigenvalue weighted by Crippen LogP contribution is -2.56. The second-order valence-electron chi connectivity index (χ2n) is 10.5. The van der Waals surface area contributed by atoms with Crippen molar-refractivity contribution in [3.63, 3.8) is 0 Å². The molecule has 42 heavy (non-hydrogen) atoms. The van der Waals surface area contributed by atoms with Gasteiger partial charge >= 0.3 is 6.09 Å². The molecule has 0 heterocycles. The van der Waals surface area contributed by atoms with Crippen molar-refractivity contribution in [3.05, 3.63) is 58.4 Å². The number of hydrogen-bond acceptors (Lipinski definition) is 7. The Bertz CT molecular complexity index is 1490. The van der Waals surface area contributed by atoms with Gasteiger partial charge in [0.2, 0.25) is 5.91 Å². The van der Waals surface area contributed by atoms with Crippen molar-refractivity contribution in [1.82, 2.24) is 10.6 Å². The molecular formula is C27H29ClF3N3O7S. The van der Waals surface area contributed by atoms with Gasteiger partial charge in [-0.3, -0.25) is 9.59 Å².